The van der Waals surface area contributed by atoms with E-state index in [-0.39, 0.29) is 11.1 Å². The SMILES string of the molecule is COC(=O)C1=C(C)NC(C)=C(C(=O)OC)C1c1cccc(N(S)C(N)=O)c1. The molecule has 144 valence electrons. The predicted molar refractivity (Wildman–Crippen MR) is 103 cm³/mol. The van der Waals surface area contributed by atoms with Gasteiger partial charge in [0.2, 0.25) is 0 Å². The summed E-state index contributed by atoms with van der Waals surface area (Å²) in [5.74, 6) is -1.91. The van der Waals surface area contributed by atoms with Crippen LogP contribution in [0.25, 0.3) is 0 Å². The fourth-order valence-corrected chi connectivity index (χ4v) is 3.18. The number of dihydropyridines is 1. The Morgan fingerprint density at radius 2 is 1.59 bits per heavy atom. The number of ether oxygens (including phenoxy) is 2. The van der Waals surface area contributed by atoms with E-state index < -0.39 is 23.9 Å². The normalized spacial score (nSPS) is 14.6. The molecule has 0 radical (unpaired) electrons. The lowest BCUT2D eigenvalue weighted by atomic mass is 9.80. The second-order valence-electron chi connectivity index (χ2n) is 5.86. The molecule has 8 nitrogen and oxygen atoms in total. The zero-order valence-electron chi connectivity index (χ0n) is 15.4. The number of rotatable bonds is 4. The smallest absolute Gasteiger partial charge is 0.336 e. The van der Waals surface area contributed by atoms with Crippen molar-refractivity contribution in [3.8, 4) is 0 Å². The molecule has 1 aliphatic heterocycles. The highest BCUT2D eigenvalue weighted by molar-refractivity contribution is 7.82. The van der Waals surface area contributed by atoms with E-state index in [4.69, 9.17) is 15.2 Å². The van der Waals surface area contributed by atoms with Crippen molar-refractivity contribution in [2.45, 2.75) is 19.8 Å². The number of amides is 2. The van der Waals surface area contributed by atoms with Gasteiger partial charge in [0.1, 0.15) is 0 Å². The number of carbonyl (C=O) groups excluding carboxylic acids is 3. The van der Waals surface area contributed by atoms with E-state index in [2.05, 4.69) is 18.1 Å². The standard InChI is InChI=1S/C18H21N3O5S/c1-9-13(16(22)25-3)15(14(10(2)20-9)17(23)26-4)11-6-5-7-12(8-11)21(27)18(19)24/h5-8,15,20,27H,1-4H3,(H2,19,24). The molecular formula is C18H21N3O5S. The van der Waals surface area contributed by atoms with Crippen molar-refractivity contribution in [1.29, 1.82) is 0 Å². The summed E-state index contributed by atoms with van der Waals surface area (Å²) in [6.45, 7) is 3.43. The molecule has 0 spiro atoms. The highest BCUT2D eigenvalue weighted by atomic mass is 32.1. The topological polar surface area (TPSA) is 111 Å². The van der Waals surface area contributed by atoms with Crippen molar-refractivity contribution in [3.05, 3.63) is 52.4 Å². The fraction of sp³-hybridized carbons (Fsp3) is 0.278. The van der Waals surface area contributed by atoms with Crippen LogP contribution in [0.3, 0.4) is 0 Å². The summed E-state index contributed by atoms with van der Waals surface area (Å²) < 4.78 is 10.8. The van der Waals surface area contributed by atoms with Gasteiger partial charge in [0.25, 0.3) is 0 Å². The molecule has 2 amide bonds. The Balaban J connectivity index is 2.70. The Morgan fingerprint density at radius 1 is 1.07 bits per heavy atom. The Kier molecular flexibility index (Phi) is 6.17. The molecule has 0 bridgehead atoms. The van der Waals surface area contributed by atoms with Crippen LogP contribution in [0, 0.1) is 0 Å². The fourth-order valence-electron chi connectivity index (χ4n) is 3.05. The van der Waals surface area contributed by atoms with E-state index >= 15 is 0 Å². The third kappa shape index (κ3) is 3.92. The van der Waals surface area contributed by atoms with E-state index in [1.54, 1.807) is 38.1 Å². The lowest BCUT2D eigenvalue weighted by molar-refractivity contribution is -0.137. The number of esters is 2. The summed E-state index contributed by atoms with van der Waals surface area (Å²) >= 11 is 4.06. The van der Waals surface area contributed by atoms with Gasteiger partial charge in [0.05, 0.1) is 37.0 Å². The lowest BCUT2D eigenvalue weighted by Crippen LogP contribution is -2.32. The van der Waals surface area contributed by atoms with Gasteiger partial charge in [0, 0.05) is 11.4 Å². The van der Waals surface area contributed by atoms with Gasteiger partial charge in [-0.15, -0.1) is 0 Å². The summed E-state index contributed by atoms with van der Waals surface area (Å²) in [5.41, 5.74) is 7.89. The molecule has 0 aliphatic carbocycles. The molecule has 0 fully saturated rings. The van der Waals surface area contributed by atoms with Crippen LogP contribution in [0.5, 0.6) is 0 Å². The predicted octanol–water partition coefficient (Wildman–Crippen LogP) is 2.00. The van der Waals surface area contributed by atoms with Crippen LogP contribution in [0.15, 0.2) is 46.8 Å². The largest absolute Gasteiger partial charge is 0.466 e. The molecule has 1 aromatic rings. The molecule has 0 atom stereocenters. The zero-order valence-corrected chi connectivity index (χ0v) is 16.3. The molecule has 1 aromatic carbocycles. The maximum Gasteiger partial charge on any atom is 0.336 e. The molecule has 0 saturated heterocycles. The number of nitrogens with one attached hydrogen (secondary N) is 1. The number of hydrogen-bond donors (Lipinski definition) is 3. The highest BCUT2D eigenvalue weighted by Gasteiger charge is 2.37. The number of nitrogens with two attached hydrogens (primary N) is 1. The number of benzene rings is 1. The van der Waals surface area contributed by atoms with Gasteiger partial charge in [-0.1, -0.05) is 24.9 Å². The first-order valence-corrected chi connectivity index (χ1v) is 8.36. The number of primary amides is 1. The van der Waals surface area contributed by atoms with Crippen molar-refractivity contribution in [3.63, 3.8) is 0 Å². The number of allylic oxidation sites excluding steroid dienone is 2. The minimum Gasteiger partial charge on any atom is -0.466 e. The van der Waals surface area contributed by atoms with Crippen molar-refractivity contribution >= 4 is 36.5 Å². The molecule has 0 aromatic heterocycles. The molecule has 1 aliphatic rings. The molecular weight excluding hydrogens is 370 g/mol. The molecule has 1 heterocycles. The average Bonchev–Trinajstić information content (AvgIpc) is 2.65. The monoisotopic (exact) mass is 391 g/mol. The average molecular weight is 391 g/mol. The third-order valence-electron chi connectivity index (χ3n) is 4.23. The maximum absolute atomic E-state index is 12.5. The highest BCUT2D eigenvalue weighted by Crippen LogP contribution is 2.40. The van der Waals surface area contributed by atoms with Gasteiger partial charge in [0.15, 0.2) is 0 Å². The number of anilines is 1. The minimum atomic E-state index is -0.763. The van der Waals surface area contributed by atoms with E-state index in [1.165, 1.54) is 14.2 Å². The second kappa shape index (κ2) is 8.17. The molecule has 0 saturated carbocycles. The van der Waals surface area contributed by atoms with Crippen molar-refractivity contribution in [2.24, 2.45) is 5.73 Å². The summed E-state index contributed by atoms with van der Waals surface area (Å²) in [6.07, 6.45) is 0. The summed E-state index contributed by atoms with van der Waals surface area (Å²) in [5, 5.41) is 3.02. The Hall–Kier alpha value is -2.94. The Morgan fingerprint density at radius 3 is 2.04 bits per heavy atom. The van der Waals surface area contributed by atoms with Gasteiger partial charge in [-0.2, -0.15) is 0 Å². The van der Waals surface area contributed by atoms with E-state index in [9.17, 15) is 14.4 Å². The zero-order chi connectivity index (χ0) is 20.3. The van der Waals surface area contributed by atoms with Gasteiger partial charge in [-0.3, -0.25) is 0 Å². The van der Waals surface area contributed by atoms with Crippen LogP contribution in [-0.4, -0.2) is 32.2 Å². The maximum atomic E-state index is 12.5. The van der Waals surface area contributed by atoms with E-state index in [1.807, 2.05) is 0 Å². The van der Waals surface area contributed by atoms with Crippen molar-refractivity contribution in [1.82, 2.24) is 5.32 Å². The molecule has 2 rings (SSSR count). The van der Waals surface area contributed by atoms with Crippen LogP contribution >= 0.6 is 12.8 Å². The van der Waals surface area contributed by atoms with Crippen LogP contribution in [0.2, 0.25) is 0 Å². The van der Waals surface area contributed by atoms with Crippen LogP contribution < -0.4 is 15.4 Å². The van der Waals surface area contributed by atoms with Crippen LogP contribution in [0.1, 0.15) is 25.3 Å². The van der Waals surface area contributed by atoms with E-state index in [0.717, 1.165) is 4.31 Å². The number of hydrogen-bond acceptors (Lipinski definition) is 7. The third-order valence-corrected chi connectivity index (χ3v) is 4.66. The van der Waals surface area contributed by atoms with Crippen molar-refractivity contribution < 1.29 is 23.9 Å². The minimum absolute atomic E-state index is 0.269. The first-order chi connectivity index (χ1) is 12.7. The van der Waals surface area contributed by atoms with Gasteiger partial charge in [-0.25, -0.2) is 18.7 Å². The van der Waals surface area contributed by atoms with Crippen molar-refractivity contribution in [2.75, 3.05) is 18.5 Å². The van der Waals surface area contributed by atoms with Gasteiger partial charge < -0.3 is 20.5 Å². The molecule has 9 heteroatoms. The number of methoxy groups -OCH3 is 2. The molecule has 0 unspecified atom stereocenters. The first kappa shape index (κ1) is 20.4. The molecule has 3 N–H and O–H groups in total. The summed E-state index contributed by atoms with van der Waals surface area (Å²) in [4.78, 5) is 36.3. The van der Waals surface area contributed by atoms with E-state index in [0.29, 0.717) is 22.6 Å². The van der Waals surface area contributed by atoms with Crippen LogP contribution in [-0.2, 0) is 19.1 Å². The number of thiol groups is 1. The number of urea groups is 1. The number of carbonyl (C=O) groups is 3. The number of nitrogens with zero attached hydrogens (tertiary/aromatic N) is 1. The Labute approximate surface area is 162 Å². The quantitative estimate of drug-likeness (QED) is 0.535. The summed E-state index contributed by atoms with van der Waals surface area (Å²) in [6, 6.07) is 5.90. The Bertz CT molecular complexity index is 824. The lowest BCUT2D eigenvalue weighted by Gasteiger charge is -2.30. The summed E-state index contributed by atoms with van der Waals surface area (Å²) in [7, 11) is 2.53. The first-order valence-electron chi connectivity index (χ1n) is 7.96. The van der Waals surface area contributed by atoms with Crippen LogP contribution in [0.4, 0.5) is 10.5 Å². The molecule has 27 heavy (non-hydrogen) atoms. The van der Waals surface area contributed by atoms with Gasteiger partial charge in [-0.05, 0) is 31.5 Å². The van der Waals surface area contributed by atoms with Gasteiger partial charge >= 0.3 is 18.0 Å². The second-order valence-corrected chi connectivity index (χ2v) is 6.26.